The highest BCUT2D eigenvalue weighted by Gasteiger charge is 2.48. The Morgan fingerprint density at radius 1 is 0.786 bits per heavy atom. The fourth-order valence-electron chi connectivity index (χ4n) is 5.16. The van der Waals surface area contributed by atoms with Crippen LogP contribution in [0.4, 0.5) is 0 Å². The van der Waals surface area contributed by atoms with E-state index in [1.807, 2.05) is 6.92 Å². The van der Waals surface area contributed by atoms with Crippen molar-refractivity contribution >= 4 is 11.0 Å². The molecule has 14 heteroatoms. The number of rotatable bonds is 6. The molecule has 3 aromatic rings. The lowest BCUT2D eigenvalue weighted by molar-refractivity contribution is -0.278. The third-order valence-electron chi connectivity index (χ3n) is 7.60. The molecule has 0 radical (unpaired) electrons. The van der Waals surface area contributed by atoms with Crippen LogP contribution < -0.4 is 10.2 Å². The zero-order chi connectivity index (χ0) is 30.5. The second-order valence-electron chi connectivity index (χ2n) is 10.4. The fourth-order valence-corrected chi connectivity index (χ4v) is 5.16. The summed E-state index contributed by atoms with van der Waals surface area (Å²) in [5.41, 5.74) is 0.150. The lowest BCUT2D eigenvalue weighted by Crippen LogP contribution is -2.60. The number of benzene rings is 2. The minimum atomic E-state index is -1.91. The number of ether oxygens (including phenoxy) is 3. The summed E-state index contributed by atoms with van der Waals surface area (Å²) in [6.45, 7) is 0.324. The Balaban J connectivity index is 1.68. The van der Waals surface area contributed by atoms with Crippen molar-refractivity contribution < 1.29 is 64.6 Å². The van der Waals surface area contributed by atoms with E-state index >= 15 is 0 Å². The van der Waals surface area contributed by atoms with E-state index in [0.29, 0.717) is 5.56 Å². The molecule has 5 rings (SSSR count). The maximum Gasteiger partial charge on any atom is 0.229 e. The van der Waals surface area contributed by atoms with Crippen molar-refractivity contribution in [1.82, 2.24) is 0 Å². The van der Waals surface area contributed by atoms with Crippen molar-refractivity contribution in [2.75, 3.05) is 13.2 Å². The standard InChI is InChI=1S/C28H32O14/c1-10-2-4-11(5-3-10)13-6-12(31)18-14(39-13)7-15(41-28-26(38)24(36)21(33)17(9-30)42-28)19(22(18)34)27-25(37)23(35)20(32)16(8-29)40-27/h2-7,16-17,20-21,23-30,32-38H,8-9H2,1H3/t16-,17-,20-,21-,23+,24+,25-,26-,27+,28-/m1/s1. The van der Waals surface area contributed by atoms with Crippen molar-refractivity contribution in [2.24, 2.45) is 0 Å². The topological polar surface area (TPSA) is 240 Å². The minimum Gasteiger partial charge on any atom is -0.506 e. The second kappa shape index (κ2) is 11.9. The van der Waals surface area contributed by atoms with Gasteiger partial charge in [0.15, 0.2) is 5.43 Å². The van der Waals surface area contributed by atoms with Gasteiger partial charge in [0.1, 0.15) is 83.2 Å². The van der Waals surface area contributed by atoms with Gasteiger partial charge < -0.3 is 64.6 Å². The van der Waals surface area contributed by atoms with E-state index in [-0.39, 0.29) is 16.7 Å². The van der Waals surface area contributed by atoms with Gasteiger partial charge >= 0.3 is 0 Å². The van der Waals surface area contributed by atoms with Gasteiger partial charge in [-0.25, -0.2) is 0 Å². The van der Waals surface area contributed by atoms with Crippen LogP contribution in [0.2, 0.25) is 0 Å². The van der Waals surface area contributed by atoms with E-state index in [1.165, 1.54) is 0 Å². The van der Waals surface area contributed by atoms with Crippen LogP contribution in [0.3, 0.4) is 0 Å². The predicted octanol–water partition coefficient (Wildman–Crippen LogP) is -1.83. The maximum absolute atomic E-state index is 13.3. The molecule has 2 fully saturated rings. The summed E-state index contributed by atoms with van der Waals surface area (Å²) >= 11 is 0. The molecule has 3 heterocycles. The molecule has 0 bridgehead atoms. The summed E-state index contributed by atoms with van der Waals surface area (Å²) < 4.78 is 22.8. The first kappa shape index (κ1) is 30.3. The Morgan fingerprint density at radius 3 is 2.00 bits per heavy atom. The second-order valence-corrected chi connectivity index (χ2v) is 10.4. The molecule has 0 amide bonds. The number of aliphatic hydroxyl groups excluding tert-OH is 8. The Morgan fingerprint density at radius 2 is 1.38 bits per heavy atom. The van der Waals surface area contributed by atoms with Gasteiger partial charge in [-0.05, 0) is 6.92 Å². The molecule has 42 heavy (non-hydrogen) atoms. The average molecular weight is 593 g/mol. The molecular formula is C28H32O14. The molecule has 9 N–H and O–H groups in total. The van der Waals surface area contributed by atoms with Crippen molar-refractivity contribution in [1.29, 1.82) is 0 Å². The lowest BCUT2D eigenvalue weighted by atomic mass is 9.89. The Hall–Kier alpha value is -3.15. The van der Waals surface area contributed by atoms with Crippen LogP contribution in [0.25, 0.3) is 22.3 Å². The van der Waals surface area contributed by atoms with Gasteiger partial charge in [0, 0.05) is 17.7 Å². The average Bonchev–Trinajstić information content (AvgIpc) is 2.97. The molecule has 2 aliphatic rings. The molecule has 14 nitrogen and oxygen atoms in total. The number of hydrogen-bond donors (Lipinski definition) is 9. The van der Waals surface area contributed by atoms with Gasteiger partial charge in [0.25, 0.3) is 0 Å². The monoisotopic (exact) mass is 592 g/mol. The number of aryl methyl sites for hydroxylation is 1. The van der Waals surface area contributed by atoms with Gasteiger partial charge in [0.05, 0.1) is 18.8 Å². The van der Waals surface area contributed by atoms with Crippen LogP contribution in [0, 0.1) is 6.92 Å². The summed E-state index contributed by atoms with van der Waals surface area (Å²) in [5.74, 6) is -1.09. The summed E-state index contributed by atoms with van der Waals surface area (Å²) in [6.07, 6.45) is -17.2. The Bertz CT molecular complexity index is 1470. The highest BCUT2D eigenvalue weighted by molar-refractivity contribution is 5.88. The maximum atomic E-state index is 13.3. The van der Waals surface area contributed by atoms with Crippen LogP contribution in [0.15, 0.2) is 45.6 Å². The molecule has 0 saturated carbocycles. The summed E-state index contributed by atoms with van der Waals surface area (Å²) in [7, 11) is 0. The molecule has 228 valence electrons. The number of hydrogen-bond acceptors (Lipinski definition) is 14. The minimum absolute atomic E-state index is 0.131. The lowest BCUT2D eigenvalue weighted by Gasteiger charge is -2.42. The van der Waals surface area contributed by atoms with Crippen LogP contribution in [0.5, 0.6) is 11.5 Å². The smallest absolute Gasteiger partial charge is 0.229 e. The molecule has 0 spiro atoms. The van der Waals surface area contributed by atoms with Gasteiger partial charge in [-0.2, -0.15) is 0 Å². The Kier molecular flexibility index (Phi) is 8.55. The predicted molar refractivity (Wildman–Crippen MR) is 141 cm³/mol. The van der Waals surface area contributed by atoms with E-state index in [0.717, 1.165) is 17.7 Å². The number of phenolic OH excluding ortho intramolecular Hbond substituents is 1. The molecular weight excluding hydrogens is 560 g/mol. The van der Waals surface area contributed by atoms with E-state index < -0.39 is 96.9 Å². The molecule has 2 aliphatic heterocycles. The Labute approximate surface area is 237 Å². The van der Waals surface area contributed by atoms with Gasteiger partial charge in [-0.1, -0.05) is 29.8 Å². The SMILES string of the molecule is Cc1ccc(-c2cc(=O)c3c(O)c([C@@H]4O[C@H](CO)[C@@H](O)[C@H](O)[C@H]4O)c(O[C@@H]4O[C@H](CO)[C@@H](O)[C@H](O)[C@H]4O)cc3o2)cc1. The van der Waals surface area contributed by atoms with Crippen LogP contribution in [-0.2, 0) is 9.47 Å². The van der Waals surface area contributed by atoms with Gasteiger partial charge in [-0.15, -0.1) is 0 Å². The molecule has 10 atom stereocenters. The van der Waals surface area contributed by atoms with E-state index in [2.05, 4.69) is 0 Å². The third-order valence-corrected chi connectivity index (χ3v) is 7.60. The third kappa shape index (κ3) is 5.26. The van der Waals surface area contributed by atoms with Crippen LogP contribution in [-0.4, -0.2) is 114 Å². The number of fused-ring (bicyclic) bond motifs is 1. The highest BCUT2D eigenvalue weighted by Crippen LogP contribution is 2.46. The molecule has 2 saturated heterocycles. The molecule has 1 aromatic heterocycles. The number of aliphatic hydroxyl groups is 8. The molecule has 0 unspecified atom stereocenters. The van der Waals surface area contributed by atoms with Gasteiger partial charge in [0.2, 0.25) is 6.29 Å². The number of aromatic hydroxyl groups is 1. The first-order chi connectivity index (χ1) is 20.0. The normalized spacial score (nSPS) is 33.5. The zero-order valence-corrected chi connectivity index (χ0v) is 22.2. The highest BCUT2D eigenvalue weighted by atomic mass is 16.7. The summed E-state index contributed by atoms with van der Waals surface area (Å²) in [4.78, 5) is 13.3. The summed E-state index contributed by atoms with van der Waals surface area (Å²) in [6, 6.07) is 9.30. The first-order valence-corrected chi connectivity index (χ1v) is 13.1. The zero-order valence-electron chi connectivity index (χ0n) is 22.2. The number of phenols is 1. The van der Waals surface area contributed by atoms with Crippen molar-refractivity contribution in [3.63, 3.8) is 0 Å². The van der Waals surface area contributed by atoms with E-state index in [4.69, 9.17) is 18.6 Å². The summed E-state index contributed by atoms with van der Waals surface area (Å²) in [5, 5.41) is 92.8. The first-order valence-electron chi connectivity index (χ1n) is 13.1. The van der Waals surface area contributed by atoms with Crippen LogP contribution in [0.1, 0.15) is 17.2 Å². The quantitative estimate of drug-likeness (QED) is 0.153. The van der Waals surface area contributed by atoms with Crippen molar-refractivity contribution in [2.45, 2.75) is 68.1 Å². The van der Waals surface area contributed by atoms with Crippen molar-refractivity contribution in [3.8, 4) is 22.8 Å². The molecule has 0 aliphatic carbocycles. The molecule has 2 aromatic carbocycles. The van der Waals surface area contributed by atoms with E-state index in [1.54, 1.807) is 24.3 Å². The van der Waals surface area contributed by atoms with Gasteiger partial charge in [-0.3, -0.25) is 4.79 Å². The van der Waals surface area contributed by atoms with E-state index in [9.17, 15) is 50.8 Å². The fraction of sp³-hybridized carbons (Fsp3) is 0.464. The largest absolute Gasteiger partial charge is 0.506 e. The van der Waals surface area contributed by atoms with Crippen molar-refractivity contribution in [3.05, 3.63) is 57.7 Å². The van der Waals surface area contributed by atoms with Crippen LogP contribution >= 0.6 is 0 Å².